The molecule has 0 fully saturated rings. The minimum absolute atomic E-state index is 0.0305. The molecule has 0 bridgehead atoms. The molecule has 8 heteroatoms. The van der Waals surface area contributed by atoms with Gasteiger partial charge in [0, 0.05) is 15.5 Å². The highest BCUT2D eigenvalue weighted by Crippen LogP contribution is 2.48. The lowest BCUT2D eigenvalue weighted by Crippen LogP contribution is -2.17. The summed E-state index contributed by atoms with van der Waals surface area (Å²) < 4.78 is 16.1. The van der Waals surface area contributed by atoms with Crippen LogP contribution in [0.1, 0.15) is 36.6 Å². The molecule has 178 valence electrons. The Labute approximate surface area is 210 Å². The van der Waals surface area contributed by atoms with Gasteiger partial charge in [0.25, 0.3) is 0 Å². The number of nitrogens with one attached hydrogen (secondary N) is 1. The van der Waals surface area contributed by atoms with Gasteiger partial charge in [-0.15, -0.1) is 0 Å². The van der Waals surface area contributed by atoms with Crippen LogP contribution in [0.3, 0.4) is 0 Å². The Balaban J connectivity index is 2.28. The lowest BCUT2D eigenvalue weighted by molar-refractivity contribution is 0.0555. The van der Waals surface area contributed by atoms with E-state index in [-0.39, 0.29) is 22.4 Å². The molecule has 0 spiro atoms. The third kappa shape index (κ3) is 4.10. The fourth-order valence-corrected chi connectivity index (χ4v) is 4.62. The van der Waals surface area contributed by atoms with Gasteiger partial charge in [0.1, 0.15) is 0 Å². The van der Waals surface area contributed by atoms with Gasteiger partial charge in [0.2, 0.25) is 0 Å². The van der Waals surface area contributed by atoms with Crippen molar-refractivity contribution >= 4 is 56.0 Å². The quantitative estimate of drug-likeness (QED) is 0.243. The summed E-state index contributed by atoms with van der Waals surface area (Å²) in [5.74, 6) is -2.02. The number of methoxy groups -OCH3 is 3. The van der Waals surface area contributed by atoms with Crippen LogP contribution in [-0.2, 0) is 14.2 Å². The van der Waals surface area contributed by atoms with E-state index in [9.17, 15) is 14.4 Å². The van der Waals surface area contributed by atoms with E-state index in [0.29, 0.717) is 27.6 Å². The number of anilines is 2. The van der Waals surface area contributed by atoms with Crippen molar-refractivity contribution in [3.63, 3.8) is 0 Å². The number of benzene rings is 2. The Morgan fingerprint density at radius 2 is 1.23 bits per heavy atom. The van der Waals surface area contributed by atoms with Crippen molar-refractivity contribution in [2.75, 3.05) is 26.6 Å². The molecule has 2 aromatic rings. The lowest BCUT2D eigenvalue weighted by atomic mass is 9.92. The zero-order valence-electron chi connectivity index (χ0n) is 19.5. The first-order chi connectivity index (χ1) is 16.8. The second-order valence-electron chi connectivity index (χ2n) is 7.72. The van der Waals surface area contributed by atoms with Gasteiger partial charge in [-0.1, -0.05) is 46.3 Å². The van der Waals surface area contributed by atoms with E-state index in [4.69, 9.17) is 14.2 Å². The van der Waals surface area contributed by atoms with Crippen molar-refractivity contribution in [1.82, 2.24) is 0 Å². The minimum atomic E-state index is -0.748. The van der Waals surface area contributed by atoms with Gasteiger partial charge in [-0.2, -0.15) is 0 Å². The summed E-state index contributed by atoms with van der Waals surface area (Å²) in [4.78, 5) is 39.3. The molecule has 2 aliphatic carbocycles. The number of aryl methyl sites for hydroxylation is 1. The van der Waals surface area contributed by atoms with Crippen LogP contribution in [0.4, 0.5) is 11.4 Å². The van der Waals surface area contributed by atoms with Crippen LogP contribution >= 0.6 is 15.9 Å². The standard InChI is InChI=1S/C27H22BrNO6/c1-14-19-17-8-6-5-7-9-18(17)21(26(31)34-3)22(19)24(29-16-12-10-15(28)11-13-16)23(27(32)35-4)20(14)25(30)33-2/h5-13,29H,1-4H3. The molecular formula is C27H22BrNO6. The highest BCUT2D eigenvalue weighted by atomic mass is 79.9. The molecule has 4 rings (SSSR count). The molecule has 0 aliphatic heterocycles. The van der Waals surface area contributed by atoms with Crippen LogP contribution in [0.15, 0.2) is 59.1 Å². The largest absolute Gasteiger partial charge is 0.465 e. The molecule has 0 radical (unpaired) electrons. The smallest absolute Gasteiger partial charge is 0.340 e. The maximum atomic E-state index is 13.1. The average molecular weight is 536 g/mol. The van der Waals surface area contributed by atoms with Crippen LogP contribution < -0.4 is 5.32 Å². The van der Waals surface area contributed by atoms with E-state index in [0.717, 1.165) is 10.0 Å². The zero-order valence-corrected chi connectivity index (χ0v) is 21.1. The van der Waals surface area contributed by atoms with Crippen molar-refractivity contribution in [1.29, 1.82) is 0 Å². The SMILES string of the molecule is COC(=O)c1c(C(=O)OC)c(Nc2ccc(Br)cc2)c2c(C(=O)OC)c3cccccc-3c2c1C. The van der Waals surface area contributed by atoms with Gasteiger partial charge in [0.15, 0.2) is 0 Å². The van der Waals surface area contributed by atoms with Crippen LogP contribution in [0.25, 0.3) is 21.9 Å². The predicted molar refractivity (Wildman–Crippen MR) is 137 cm³/mol. The number of hydrogen-bond acceptors (Lipinski definition) is 7. The second-order valence-corrected chi connectivity index (χ2v) is 8.64. The van der Waals surface area contributed by atoms with Crippen molar-refractivity contribution in [3.8, 4) is 11.1 Å². The van der Waals surface area contributed by atoms with E-state index in [2.05, 4.69) is 21.2 Å². The highest BCUT2D eigenvalue weighted by molar-refractivity contribution is 9.10. The molecular weight excluding hydrogens is 514 g/mol. The van der Waals surface area contributed by atoms with Crippen LogP contribution in [0, 0.1) is 6.92 Å². The number of hydrogen-bond donors (Lipinski definition) is 1. The first-order valence-electron chi connectivity index (χ1n) is 10.6. The summed E-state index contributed by atoms with van der Waals surface area (Å²) in [6.07, 6.45) is 0. The van der Waals surface area contributed by atoms with Crippen molar-refractivity contribution in [2.45, 2.75) is 6.92 Å². The third-order valence-electron chi connectivity index (χ3n) is 5.86. The highest BCUT2D eigenvalue weighted by Gasteiger charge is 2.34. The summed E-state index contributed by atoms with van der Waals surface area (Å²) >= 11 is 3.41. The summed E-state index contributed by atoms with van der Waals surface area (Å²) in [6, 6.07) is 16.4. The summed E-state index contributed by atoms with van der Waals surface area (Å²) in [5.41, 5.74) is 3.02. The molecule has 0 amide bonds. The molecule has 0 atom stereocenters. The van der Waals surface area contributed by atoms with Crippen molar-refractivity contribution < 1.29 is 28.6 Å². The topological polar surface area (TPSA) is 90.9 Å². The van der Waals surface area contributed by atoms with Crippen LogP contribution in [0.5, 0.6) is 0 Å². The first-order valence-corrected chi connectivity index (χ1v) is 11.4. The molecule has 0 saturated carbocycles. The maximum Gasteiger partial charge on any atom is 0.340 e. The lowest BCUT2D eigenvalue weighted by Gasteiger charge is -2.19. The molecule has 0 saturated heterocycles. The van der Waals surface area contributed by atoms with E-state index in [1.54, 1.807) is 25.1 Å². The first kappa shape index (κ1) is 24.2. The Bertz CT molecular complexity index is 1440. The number of halogens is 1. The molecule has 2 aromatic carbocycles. The normalized spacial score (nSPS) is 10.8. The van der Waals surface area contributed by atoms with Crippen LogP contribution in [0.2, 0.25) is 0 Å². The molecule has 0 heterocycles. The van der Waals surface area contributed by atoms with Crippen molar-refractivity contribution in [2.24, 2.45) is 0 Å². The summed E-state index contributed by atoms with van der Waals surface area (Å²) in [6.45, 7) is 1.72. The van der Waals surface area contributed by atoms with Gasteiger partial charge in [-0.3, -0.25) is 0 Å². The molecule has 7 nitrogen and oxygen atoms in total. The molecule has 0 aromatic heterocycles. The van der Waals surface area contributed by atoms with Gasteiger partial charge < -0.3 is 19.5 Å². The molecule has 35 heavy (non-hydrogen) atoms. The fourth-order valence-electron chi connectivity index (χ4n) is 4.36. The van der Waals surface area contributed by atoms with Gasteiger partial charge in [-0.25, -0.2) is 14.4 Å². The van der Waals surface area contributed by atoms with E-state index in [1.165, 1.54) is 21.3 Å². The van der Waals surface area contributed by atoms with Crippen LogP contribution in [-0.4, -0.2) is 39.2 Å². The number of carbonyl (C=O) groups is 3. The van der Waals surface area contributed by atoms with Gasteiger partial charge >= 0.3 is 17.9 Å². The van der Waals surface area contributed by atoms with E-state index >= 15 is 0 Å². The second kappa shape index (κ2) is 9.76. The van der Waals surface area contributed by atoms with E-state index in [1.807, 2.05) is 36.4 Å². The predicted octanol–water partition coefficient (Wildman–Crippen LogP) is 6.12. The Morgan fingerprint density at radius 1 is 0.686 bits per heavy atom. The van der Waals surface area contributed by atoms with Crippen molar-refractivity contribution in [3.05, 3.63) is 81.3 Å². The number of rotatable bonds is 5. The van der Waals surface area contributed by atoms with E-state index < -0.39 is 17.9 Å². The fraction of sp³-hybridized carbons (Fsp3) is 0.148. The zero-order chi connectivity index (χ0) is 25.3. The van der Waals surface area contributed by atoms with Gasteiger partial charge in [0.05, 0.1) is 43.7 Å². The molecule has 0 unspecified atom stereocenters. The number of ether oxygens (including phenoxy) is 3. The molecule has 1 N–H and O–H groups in total. The number of esters is 3. The summed E-state index contributed by atoms with van der Waals surface area (Å²) in [5, 5.41) is 4.33. The minimum Gasteiger partial charge on any atom is -0.465 e. The Kier molecular flexibility index (Phi) is 6.75. The molecule has 2 aliphatic rings. The number of carbonyl (C=O) groups excluding carboxylic acids is 3. The Morgan fingerprint density at radius 3 is 1.83 bits per heavy atom. The maximum absolute atomic E-state index is 13.1. The third-order valence-corrected chi connectivity index (χ3v) is 6.39. The number of fused-ring (bicyclic) bond motifs is 3. The monoisotopic (exact) mass is 535 g/mol. The summed E-state index contributed by atoms with van der Waals surface area (Å²) in [7, 11) is 3.78. The average Bonchev–Trinajstić information content (AvgIpc) is 3.00. The Hall–Kier alpha value is -3.91. The van der Waals surface area contributed by atoms with Gasteiger partial charge in [-0.05, 0) is 53.3 Å².